The van der Waals surface area contributed by atoms with Crippen LogP contribution in [0.15, 0.2) is 48.5 Å². The van der Waals surface area contributed by atoms with Crippen LogP contribution in [0.1, 0.15) is 44.1 Å². The first-order chi connectivity index (χ1) is 15.5. The molecule has 1 saturated carbocycles. The van der Waals surface area contributed by atoms with Crippen molar-refractivity contribution >= 4 is 23.3 Å². The van der Waals surface area contributed by atoms with Crippen LogP contribution in [0, 0.1) is 5.92 Å². The molecular weight excluding hydrogens is 406 g/mol. The van der Waals surface area contributed by atoms with E-state index in [1.807, 2.05) is 36.4 Å². The number of carbonyl (C=O) groups is 2. The maximum absolute atomic E-state index is 13.6. The fourth-order valence-electron chi connectivity index (χ4n) is 4.68. The number of nitrogen functional groups attached to an aromatic ring is 1. The van der Waals surface area contributed by atoms with Gasteiger partial charge in [0, 0.05) is 5.69 Å². The number of nitrogens with one attached hydrogen (secondary N) is 1. The summed E-state index contributed by atoms with van der Waals surface area (Å²) in [5.74, 6) is -0.126. The molecule has 1 amide bonds. The topological polar surface area (TPSA) is 105 Å². The van der Waals surface area contributed by atoms with E-state index >= 15 is 0 Å². The first-order valence-electron chi connectivity index (χ1n) is 11.4. The summed E-state index contributed by atoms with van der Waals surface area (Å²) in [5, 5.41) is 13.0. The molecule has 1 heterocycles. The van der Waals surface area contributed by atoms with E-state index in [1.54, 1.807) is 17.0 Å². The molecule has 1 aliphatic heterocycles. The average Bonchev–Trinajstić information content (AvgIpc) is 2.93. The number of hydrogen-bond acceptors (Lipinski definition) is 5. The van der Waals surface area contributed by atoms with Gasteiger partial charge in [0.15, 0.2) is 0 Å². The lowest BCUT2D eigenvalue weighted by molar-refractivity contribution is -0.140. The Morgan fingerprint density at radius 3 is 2.56 bits per heavy atom. The number of benzene rings is 2. The second kappa shape index (κ2) is 10.0. The number of nitrogens with zero attached hydrogens (tertiary/aromatic N) is 1. The Morgan fingerprint density at radius 1 is 1.12 bits per heavy atom. The monoisotopic (exact) mass is 437 g/mol. The van der Waals surface area contributed by atoms with Crippen molar-refractivity contribution in [3.05, 3.63) is 54.1 Å². The van der Waals surface area contributed by atoms with Gasteiger partial charge in [-0.05, 0) is 42.2 Å². The molecule has 1 fully saturated rings. The lowest BCUT2D eigenvalue weighted by Gasteiger charge is -2.29. The third-order valence-electron chi connectivity index (χ3n) is 6.44. The molecule has 1 aliphatic carbocycles. The largest absolute Gasteiger partial charge is 0.489 e. The number of ether oxygens (including phenoxy) is 1. The van der Waals surface area contributed by atoms with Crippen LogP contribution in [0.5, 0.6) is 5.75 Å². The lowest BCUT2D eigenvalue weighted by atomic mass is 9.84. The van der Waals surface area contributed by atoms with Crippen LogP contribution in [-0.4, -0.2) is 35.7 Å². The van der Waals surface area contributed by atoms with Crippen molar-refractivity contribution in [2.45, 2.75) is 57.2 Å². The minimum atomic E-state index is -0.921. The molecule has 0 saturated heterocycles. The first-order valence-corrected chi connectivity index (χ1v) is 11.4. The van der Waals surface area contributed by atoms with Gasteiger partial charge in [0.25, 0.3) is 0 Å². The van der Waals surface area contributed by atoms with E-state index in [2.05, 4.69) is 5.32 Å². The van der Waals surface area contributed by atoms with Crippen LogP contribution in [-0.2, 0) is 16.1 Å². The summed E-state index contributed by atoms with van der Waals surface area (Å²) >= 11 is 0. The van der Waals surface area contributed by atoms with Crippen molar-refractivity contribution < 1.29 is 19.4 Å². The molecule has 0 bridgehead atoms. The second-order valence-corrected chi connectivity index (χ2v) is 8.79. The molecule has 2 aromatic rings. The maximum atomic E-state index is 13.6. The van der Waals surface area contributed by atoms with Crippen LogP contribution < -0.4 is 20.7 Å². The molecule has 0 spiro atoms. The highest BCUT2D eigenvalue weighted by Gasteiger charge is 2.35. The standard InChI is InChI=1S/C25H31N3O4/c26-19-12-10-18(11-13-19)15-28-22-8-4-5-9-23(22)32-16-21(24(28)29)27-20(25(30)31)14-17-6-2-1-3-7-17/h4-5,8-13,17,20-21,27H,1-3,6-7,14-16,26H2,(H,30,31)/t20-,21?/m0/s1. The summed E-state index contributed by atoms with van der Waals surface area (Å²) < 4.78 is 5.95. The Morgan fingerprint density at radius 2 is 1.84 bits per heavy atom. The number of rotatable bonds is 7. The van der Waals surface area contributed by atoms with Crippen molar-refractivity contribution in [1.29, 1.82) is 0 Å². The molecule has 2 atom stereocenters. The van der Waals surface area contributed by atoms with E-state index in [1.165, 1.54) is 6.42 Å². The molecular formula is C25H31N3O4. The number of fused-ring (bicyclic) bond motifs is 1. The van der Waals surface area contributed by atoms with E-state index in [0.29, 0.717) is 36.0 Å². The summed E-state index contributed by atoms with van der Waals surface area (Å²) in [6.45, 7) is 0.431. The predicted octanol–water partition coefficient (Wildman–Crippen LogP) is 3.58. The van der Waals surface area contributed by atoms with Crippen LogP contribution in [0.3, 0.4) is 0 Å². The second-order valence-electron chi connectivity index (χ2n) is 8.79. The summed E-state index contributed by atoms with van der Waals surface area (Å²) in [4.78, 5) is 27.3. The zero-order valence-electron chi connectivity index (χ0n) is 18.2. The third kappa shape index (κ3) is 5.22. The quantitative estimate of drug-likeness (QED) is 0.572. The van der Waals surface area contributed by atoms with E-state index in [4.69, 9.17) is 10.5 Å². The Labute approximate surface area is 188 Å². The molecule has 4 rings (SSSR count). The van der Waals surface area contributed by atoms with Gasteiger partial charge in [-0.1, -0.05) is 56.4 Å². The smallest absolute Gasteiger partial charge is 0.320 e. The number of nitrogens with two attached hydrogens (primary N) is 1. The minimum absolute atomic E-state index is 0.0858. The van der Waals surface area contributed by atoms with Gasteiger partial charge in [-0.25, -0.2) is 0 Å². The van der Waals surface area contributed by atoms with Crippen molar-refractivity contribution in [2.24, 2.45) is 5.92 Å². The van der Waals surface area contributed by atoms with Gasteiger partial charge in [-0.3, -0.25) is 14.9 Å². The molecule has 2 aliphatic rings. The van der Waals surface area contributed by atoms with E-state index in [-0.39, 0.29) is 12.5 Å². The number of hydrogen-bond donors (Lipinski definition) is 3. The molecule has 0 aromatic heterocycles. The van der Waals surface area contributed by atoms with Crippen molar-refractivity contribution in [2.75, 3.05) is 17.2 Å². The Bertz CT molecular complexity index is 940. The van der Waals surface area contributed by atoms with Gasteiger partial charge >= 0.3 is 5.97 Å². The van der Waals surface area contributed by atoms with Crippen molar-refractivity contribution in [3.8, 4) is 5.75 Å². The summed E-state index contributed by atoms with van der Waals surface area (Å²) in [6.07, 6.45) is 6.14. The van der Waals surface area contributed by atoms with Gasteiger partial charge in [0.2, 0.25) is 5.91 Å². The normalized spacial score (nSPS) is 20.2. The number of carboxylic acids is 1. The van der Waals surface area contributed by atoms with Crippen LogP contribution in [0.25, 0.3) is 0 Å². The Balaban J connectivity index is 1.55. The predicted molar refractivity (Wildman–Crippen MR) is 124 cm³/mol. The highest BCUT2D eigenvalue weighted by molar-refractivity contribution is 5.99. The van der Waals surface area contributed by atoms with Crippen LogP contribution in [0.2, 0.25) is 0 Å². The third-order valence-corrected chi connectivity index (χ3v) is 6.44. The van der Waals surface area contributed by atoms with Crippen LogP contribution in [0.4, 0.5) is 11.4 Å². The number of aliphatic carboxylic acids is 1. The molecule has 32 heavy (non-hydrogen) atoms. The molecule has 7 nitrogen and oxygen atoms in total. The summed E-state index contributed by atoms with van der Waals surface area (Å²) in [6, 6.07) is 13.3. The zero-order valence-corrected chi connectivity index (χ0v) is 18.2. The average molecular weight is 438 g/mol. The number of carbonyl (C=O) groups excluding carboxylic acids is 1. The van der Waals surface area contributed by atoms with Crippen molar-refractivity contribution in [3.63, 3.8) is 0 Å². The highest BCUT2D eigenvalue weighted by Crippen LogP contribution is 2.33. The fraction of sp³-hybridized carbons (Fsp3) is 0.440. The molecule has 2 aromatic carbocycles. The van der Waals surface area contributed by atoms with E-state index in [0.717, 1.165) is 31.2 Å². The lowest BCUT2D eigenvalue weighted by Crippen LogP contribution is -2.54. The number of carboxylic acid groups (broad SMARTS) is 1. The van der Waals surface area contributed by atoms with E-state index < -0.39 is 18.1 Å². The molecule has 7 heteroatoms. The molecule has 1 unspecified atom stereocenters. The number of para-hydroxylation sites is 2. The Kier molecular flexibility index (Phi) is 6.95. The van der Waals surface area contributed by atoms with Crippen LogP contribution >= 0.6 is 0 Å². The molecule has 170 valence electrons. The number of anilines is 2. The van der Waals surface area contributed by atoms with Gasteiger partial charge in [0.05, 0.1) is 12.2 Å². The minimum Gasteiger partial charge on any atom is -0.489 e. The first kappa shape index (κ1) is 22.1. The molecule has 0 radical (unpaired) electrons. The maximum Gasteiger partial charge on any atom is 0.320 e. The number of amides is 1. The van der Waals surface area contributed by atoms with Gasteiger partial charge < -0.3 is 20.5 Å². The fourth-order valence-corrected chi connectivity index (χ4v) is 4.68. The van der Waals surface area contributed by atoms with Gasteiger partial charge in [0.1, 0.15) is 24.4 Å². The Hall–Kier alpha value is -3.06. The van der Waals surface area contributed by atoms with E-state index in [9.17, 15) is 14.7 Å². The van der Waals surface area contributed by atoms with Gasteiger partial charge in [-0.2, -0.15) is 0 Å². The zero-order chi connectivity index (χ0) is 22.5. The SMILES string of the molecule is Nc1ccc(CN2C(=O)C(N[C@@H](CC3CCCCC3)C(=O)O)COc3ccccc32)cc1. The van der Waals surface area contributed by atoms with Crippen molar-refractivity contribution in [1.82, 2.24) is 5.32 Å². The summed E-state index contributed by atoms with van der Waals surface area (Å²) in [7, 11) is 0. The van der Waals surface area contributed by atoms with Gasteiger partial charge in [-0.15, -0.1) is 0 Å². The molecule has 4 N–H and O–H groups in total. The highest BCUT2D eigenvalue weighted by atomic mass is 16.5. The summed E-state index contributed by atoms with van der Waals surface area (Å²) in [5.41, 5.74) is 8.07.